The fraction of sp³-hybridized carbons (Fsp3) is 0.292. The van der Waals surface area contributed by atoms with Gasteiger partial charge in [0.25, 0.3) is 0 Å². The molecule has 27 heavy (non-hydrogen) atoms. The van der Waals surface area contributed by atoms with Crippen LogP contribution in [0.1, 0.15) is 30.0 Å². The highest BCUT2D eigenvalue weighted by Crippen LogP contribution is 2.42. The zero-order chi connectivity index (χ0) is 18.3. The normalized spacial score (nSPS) is 21.1. The molecule has 1 aliphatic heterocycles. The molecule has 0 amide bonds. The molecule has 1 heterocycles. The minimum Gasteiger partial charge on any atom is -0.367 e. The summed E-state index contributed by atoms with van der Waals surface area (Å²) in [5.74, 6) is 0. The van der Waals surface area contributed by atoms with Crippen LogP contribution in [0.4, 0.5) is 5.69 Å². The Morgan fingerprint density at radius 1 is 0.926 bits per heavy atom. The Kier molecular flexibility index (Phi) is 3.88. The van der Waals surface area contributed by atoms with E-state index in [1.54, 1.807) is 0 Å². The molecule has 3 heteroatoms. The number of piperidine rings is 1. The first kappa shape index (κ1) is 16.4. The van der Waals surface area contributed by atoms with E-state index in [2.05, 4.69) is 52.7 Å². The van der Waals surface area contributed by atoms with Crippen molar-refractivity contribution in [1.82, 2.24) is 4.90 Å². The zero-order valence-corrected chi connectivity index (χ0v) is 15.4. The number of nitrogens with one attached hydrogen (secondary N) is 1. The third-order valence-corrected chi connectivity index (χ3v) is 6.26. The van der Waals surface area contributed by atoms with Crippen LogP contribution in [-0.2, 0) is 6.42 Å². The number of nitriles is 1. The van der Waals surface area contributed by atoms with E-state index in [-0.39, 0.29) is 0 Å². The van der Waals surface area contributed by atoms with Crippen molar-refractivity contribution in [3.8, 4) is 6.07 Å². The highest BCUT2D eigenvalue weighted by atomic mass is 15.2. The SMILES string of the molecule is N#CC1(Nc2ccccc2)CCN([C@@H]2Cc3cccc4cccc2c34)CC1. The molecule has 0 bridgehead atoms. The lowest BCUT2D eigenvalue weighted by Crippen LogP contribution is -2.49. The van der Waals surface area contributed by atoms with Gasteiger partial charge in [0.05, 0.1) is 6.07 Å². The van der Waals surface area contributed by atoms with Crippen LogP contribution in [0.15, 0.2) is 66.7 Å². The molecular weight excluding hydrogens is 330 g/mol. The van der Waals surface area contributed by atoms with Crippen LogP contribution in [0.2, 0.25) is 0 Å². The molecule has 134 valence electrons. The molecule has 0 aromatic heterocycles. The average Bonchev–Trinajstić information content (AvgIpc) is 3.10. The van der Waals surface area contributed by atoms with E-state index in [0.717, 1.165) is 38.0 Å². The van der Waals surface area contributed by atoms with Gasteiger partial charge in [0.1, 0.15) is 5.54 Å². The summed E-state index contributed by atoms with van der Waals surface area (Å²) in [5.41, 5.74) is 3.50. The molecule has 2 aliphatic rings. The largest absolute Gasteiger partial charge is 0.367 e. The standard InChI is InChI=1S/C24H23N3/c25-17-24(26-20-9-2-1-3-10-20)12-14-27(15-13-24)22-16-19-8-4-6-18-7-5-11-21(22)23(18)19/h1-11,22,26H,12-16H2/t22-/m1/s1. The molecule has 3 nitrogen and oxygen atoms in total. The highest BCUT2D eigenvalue weighted by molar-refractivity contribution is 5.91. The molecular formula is C24H23N3. The second-order valence-electron chi connectivity index (χ2n) is 7.80. The second-order valence-corrected chi connectivity index (χ2v) is 7.80. The lowest BCUT2D eigenvalue weighted by Gasteiger charge is -2.41. The van der Waals surface area contributed by atoms with Crippen molar-refractivity contribution in [3.05, 3.63) is 77.9 Å². The average molecular weight is 353 g/mol. The molecule has 0 radical (unpaired) electrons. The van der Waals surface area contributed by atoms with E-state index in [9.17, 15) is 5.26 Å². The molecule has 0 saturated carbocycles. The molecule has 1 N–H and O–H groups in total. The third-order valence-electron chi connectivity index (χ3n) is 6.26. The Balaban J connectivity index is 1.36. The van der Waals surface area contributed by atoms with Gasteiger partial charge >= 0.3 is 0 Å². The van der Waals surface area contributed by atoms with Crippen LogP contribution < -0.4 is 5.32 Å². The van der Waals surface area contributed by atoms with Crippen LogP contribution in [-0.4, -0.2) is 23.5 Å². The van der Waals surface area contributed by atoms with Crippen molar-refractivity contribution in [2.75, 3.05) is 18.4 Å². The summed E-state index contributed by atoms with van der Waals surface area (Å²) in [4.78, 5) is 2.58. The molecule has 3 aromatic rings. The number of hydrogen-bond donors (Lipinski definition) is 1. The van der Waals surface area contributed by atoms with Gasteiger partial charge in [0, 0.05) is 24.8 Å². The van der Waals surface area contributed by atoms with Crippen LogP contribution in [0.5, 0.6) is 0 Å². The predicted octanol–water partition coefficient (Wildman–Crippen LogP) is 4.91. The van der Waals surface area contributed by atoms with Gasteiger partial charge in [-0.15, -0.1) is 0 Å². The van der Waals surface area contributed by atoms with E-state index in [4.69, 9.17) is 0 Å². The molecule has 0 unspecified atom stereocenters. The van der Waals surface area contributed by atoms with Gasteiger partial charge in [0.2, 0.25) is 0 Å². The van der Waals surface area contributed by atoms with Gasteiger partial charge in [-0.3, -0.25) is 4.90 Å². The van der Waals surface area contributed by atoms with Crippen molar-refractivity contribution >= 4 is 16.5 Å². The van der Waals surface area contributed by atoms with E-state index in [1.165, 1.54) is 21.9 Å². The lowest BCUT2D eigenvalue weighted by atomic mass is 9.87. The molecule has 3 aromatic carbocycles. The first-order valence-corrected chi connectivity index (χ1v) is 9.77. The maximum Gasteiger partial charge on any atom is 0.127 e. The fourth-order valence-electron chi connectivity index (χ4n) is 4.82. The Morgan fingerprint density at radius 3 is 2.41 bits per heavy atom. The Hall–Kier alpha value is -2.83. The van der Waals surface area contributed by atoms with Gasteiger partial charge in [-0.1, -0.05) is 54.6 Å². The highest BCUT2D eigenvalue weighted by Gasteiger charge is 2.38. The summed E-state index contributed by atoms with van der Waals surface area (Å²) in [6.07, 6.45) is 2.78. The minimum absolute atomic E-state index is 0.444. The number of benzene rings is 3. The number of anilines is 1. The molecule has 1 saturated heterocycles. The summed E-state index contributed by atoms with van der Waals surface area (Å²) >= 11 is 0. The molecule has 0 spiro atoms. The fourth-order valence-corrected chi connectivity index (χ4v) is 4.82. The monoisotopic (exact) mass is 353 g/mol. The number of nitrogens with zero attached hydrogens (tertiary/aromatic N) is 2. The van der Waals surface area contributed by atoms with Gasteiger partial charge in [-0.2, -0.15) is 5.26 Å². The first-order valence-electron chi connectivity index (χ1n) is 9.77. The number of hydrogen-bond acceptors (Lipinski definition) is 3. The number of rotatable bonds is 3. The van der Waals surface area contributed by atoms with Gasteiger partial charge in [0.15, 0.2) is 0 Å². The van der Waals surface area contributed by atoms with Gasteiger partial charge < -0.3 is 5.32 Å². The van der Waals surface area contributed by atoms with Crippen LogP contribution in [0.25, 0.3) is 10.8 Å². The zero-order valence-electron chi connectivity index (χ0n) is 15.4. The Morgan fingerprint density at radius 2 is 1.67 bits per heavy atom. The van der Waals surface area contributed by atoms with Crippen molar-refractivity contribution in [2.45, 2.75) is 30.8 Å². The molecule has 1 fully saturated rings. The minimum atomic E-state index is -0.463. The maximum atomic E-state index is 9.89. The second kappa shape index (κ2) is 6.40. The quantitative estimate of drug-likeness (QED) is 0.727. The Labute approximate surface area is 160 Å². The van der Waals surface area contributed by atoms with Gasteiger partial charge in [-0.25, -0.2) is 0 Å². The Bertz CT molecular complexity index is 1010. The number of para-hydroxylation sites is 1. The summed E-state index contributed by atoms with van der Waals surface area (Å²) in [7, 11) is 0. The van der Waals surface area contributed by atoms with Crippen LogP contribution >= 0.6 is 0 Å². The maximum absolute atomic E-state index is 9.89. The first-order chi connectivity index (χ1) is 13.3. The number of likely N-dealkylation sites (tertiary alicyclic amines) is 1. The summed E-state index contributed by atoms with van der Waals surface area (Å²) in [6, 6.07) is 26.5. The van der Waals surface area contributed by atoms with Gasteiger partial charge in [-0.05, 0) is 53.3 Å². The summed E-state index contributed by atoms with van der Waals surface area (Å²) in [6.45, 7) is 1.89. The van der Waals surface area contributed by atoms with E-state index >= 15 is 0 Å². The van der Waals surface area contributed by atoms with Crippen molar-refractivity contribution < 1.29 is 0 Å². The topological polar surface area (TPSA) is 39.1 Å². The van der Waals surface area contributed by atoms with Crippen LogP contribution in [0.3, 0.4) is 0 Å². The summed E-state index contributed by atoms with van der Waals surface area (Å²) < 4.78 is 0. The van der Waals surface area contributed by atoms with E-state index in [0.29, 0.717) is 6.04 Å². The van der Waals surface area contributed by atoms with E-state index < -0.39 is 5.54 Å². The predicted molar refractivity (Wildman–Crippen MR) is 110 cm³/mol. The molecule has 1 aliphatic carbocycles. The van der Waals surface area contributed by atoms with E-state index in [1.807, 2.05) is 30.3 Å². The lowest BCUT2D eigenvalue weighted by molar-refractivity contribution is 0.144. The summed E-state index contributed by atoms with van der Waals surface area (Å²) in [5, 5.41) is 16.2. The van der Waals surface area contributed by atoms with Crippen molar-refractivity contribution in [3.63, 3.8) is 0 Å². The van der Waals surface area contributed by atoms with Crippen molar-refractivity contribution in [2.24, 2.45) is 0 Å². The smallest absolute Gasteiger partial charge is 0.127 e. The van der Waals surface area contributed by atoms with Crippen molar-refractivity contribution in [1.29, 1.82) is 5.26 Å². The molecule has 1 atom stereocenters. The van der Waals surface area contributed by atoms with Crippen LogP contribution in [0, 0.1) is 11.3 Å². The molecule has 5 rings (SSSR count). The third kappa shape index (κ3) is 2.78.